The van der Waals surface area contributed by atoms with Gasteiger partial charge in [-0.3, -0.25) is 4.79 Å². The number of aryl methyl sites for hydroxylation is 1. The number of nitrogens with zero attached hydrogens (tertiary/aromatic N) is 2. The van der Waals surface area contributed by atoms with Gasteiger partial charge < -0.3 is 0 Å². The first-order valence-electron chi connectivity index (χ1n) is 10.7. The van der Waals surface area contributed by atoms with Crippen LogP contribution in [0.1, 0.15) is 54.4 Å². The minimum absolute atomic E-state index is 0.0383. The number of benzene rings is 1. The molecule has 4 rings (SSSR count). The van der Waals surface area contributed by atoms with Gasteiger partial charge >= 0.3 is 0 Å². The molecule has 0 amide bonds. The molecule has 1 aliphatic rings. The highest BCUT2D eigenvalue weighted by Gasteiger charge is 2.33. The molecule has 0 fully saturated rings. The van der Waals surface area contributed by atoms with Crippen molar-refractivity contribution in [3.8, 4) is 16.5 Å². The molecule has 3 nitrogen and oxygen atoms in total. The van der Waals surface area contributed by atoms with E-state index in [0.717, 1.165) is 39.9 Å². The van der Waals surface area contributed by atoms with Crippen LogP contribution < -0.4 is 0 Å². The average Bonchev–Trinajstić information content (AvgIpc) is 3.30. The number of carbonyl (C=O) groups is 1. The molecule has 1 unspecified atom stereocenters. The van der Waals surface area contributed by atoms with Crippen molar-refractivity contribution in [1.29, 1.82) is 5.26 Å². The molecule has 0 N–H and O–H groups in total. The van der Waals surface area contributed by atoms with E-state index in [1.807, 2.05) is 30.3 Å². The first-order valence-corrected chi connectivity index (χ1v) is 13.3. The second kappa shape index (κ2) is 9.51. The van der Waals surface area contributed by atoms with E-state index in [1.165, 1.54) is 17.3 Å². The number of fused-ring (bicyclic) bond motifs is 1. The van der Waals surface area contributed by atoms with Crippen LogP contribution in [0.15, 0.2) is 51.3 Å². The van der Waals surface area contributed by atoms with E-state index >= 15 is 0 Å². The monoisotopic (exact) mass is 524 g/mol. The highest BCUT2D eigenvalue weighted by Crippen LogP contribution is 2.44. The second-order valence-corrected chi connectivity index (χ2v) is 12.0. The van der Waals surface area contributed by atoms with Gasteiger partial charge in [0.15, 0.2) is 5.78 Å². The maximum absolute atomic E-state index is 12.7. The summed E-state index contributed by atoms with van der Waals surface area (Å²) in [6.07, 6.45) is 2.95. The van der Waals surface area contributed by atoms with Crippen molar-refractivity contribution in [2.45, 2.75) is 45.1 Å². The van der Waals surface area contributed by atoms with Crippen LogP contribution in [0.4, 0.5) is 0 Å². The van der Waals surface area contributed by atoms with Crippen LogP contribution in [-0.2, 0) is 12.8 Å². The Labute approximate surface area is 206 Å². The minimum atomic E-state index is 0.0383. The molecule has 2 heterocycles. The topological polar surface area (TPSA) is 53.8 Å². The van der Waals surface area contributed by atoms with E-state index in [4.69, 9.17) is 4.98 Å². The number of aromatic nitrogens is 1. The molecule has 1 aliphatic carbocycles. The highest BCUT2D eigenvalue weighted by atomic mass is 79.9. The normalized spacial score (nSPS) is 15.8. The van der Waals surface area contributed by atoms with Gasteiger partial charge in [0, 0.05) is 26.2 Å². The number of thioether (sulfide) groups is 1. The molecular weight excluding hydrogens is 500 g/mol. The van der Waals surface area contributed by atoms with Gasteiger partial charge in [-0.25, -0.2) is 4.98 Å². The Hall–Kier alpha value is -1.94. The SMILES string of the molecule is CC(C)(C)C1CCc2nc(SCC(=O)c3ccc(Br)cc3)c(C#N)c(-c3cccs3)c2C1. The predicted octanol–water partition coefficient (Wildman–Crippen LogP) is 7.57. The predicted molar refractivity (Wildman–Crippen MR) is 136 cm³/mol. The van der Waals surface area contributed by atoms with Crippen molar-refractivity contribution in [1.82, 2.24) is 4.98 Å². The smallest absolute Gasteiger partial charge is 0.173 e. The molecule has 2 aromatic heterocycles. The van der Waals surface area contributed by atoms with E-state index < -0.39 is 0 Å². The summed E-state index contributed by atoms with van der Waals surface area (Å²) in [7, 11) is 0. The lowest BCUT2D eigenvalue weighted by Gasteiger charge is -2.35. The maximum Gasteiger partial charge on any atom is 0.173 e. The van der Waals surface area contributed by atoms with Crippen LogP contribution >= 0.6 is 39.0 Å². The number of rotatable bonds is 5. The fourth-order valence-electron chi connectivity index (χ4n) is 4.23. The van der Waals surface area contributed by atoms with Gasteiger partial charge in [0.2, 0.25) is 0 Å². The largest absolute Gasteiger partial charge is 0.293 e. The van der Waals surface area contributed by atoms with Crippen molar-refractivity contribution in [2.75, 3.05) is 5.75 Å². The molecule has 164 valence electrons. The van der Waals surface area contributed by atoms with Crippen LogP contribution in [-0.4, -0.2) is 16.5 Å². The summed E-state index contributed by atoms with van der Waals surface area (Å²) in [5, 5.41) is 12.9. The number of Topliss-reactive ketones (excluding diaryl/α,β-unsaturated/α-hetero) is 1. The Morgan fingerprint density at radius 3 is 2.66 bits per heavy atom. The van der Waals surface area contributed by atoms with Gasteiger partial charge in [-0.05, 0) is 59.7 Å². The zero-order chi connectivity index (χ0) is 22.9. The standard InChI is InChI=1S/C26H25BrN2OS2/c1-26(2,3)17-8-11-21-19(13-17)24(23-5-4-12-31-23)20(14-28)25(29-21)32-15-22(30)16-6-9-18(27)10-7-16/h4-7,9-10,12,17H,8,11,13,15H2,1-3H3. The van der Waals surface area contributed by atoms with Crippen molar-refractivity contribution in [3.63, 3.8) is 0 Å². The molecule has 0 spiro atoms. The van der Waals surface area contributed by atoms with Crippen LogP contribution in [0.2, 0.25) is 0 Å². The van der Waals surface area contributed by atoms with E-state index in [9.17, 15) is 10.1 Å². The summed E-state index contributed by atoms with van der Waals surface area (Å²) in [6.45, 7) is 6.89. The van der Waals surface area contributed by atoms with Gasteiger partial charge in [0.1, 0.15) is 11.1 Å². The fraction of sp³-hybridized carbons (Fsp3) is 0.346. The third kappa shape index (κ3) is 4.85. The summed E-state index contributed by atoms with van der Waals surface area (Å²) in [5.41, 5.74) is 4.82. The quantitative estimate of drug-likeness (QED) is 0.255. The van der Waals surface area contributed by atoms with Crippen LogP contribution in [0.3, 0.4) is 0 Å². The first-order chi connectivity index (χ1) is 15.3. The molecule has 0 radical (unpaired) electrons. The van der Waals surface area contributed by atoms with Crippen LogP contribution in [0.5, 0.6) is 0 Å². The number of ketones is 1. The van der Waals surface area contributed by atoms with Gasteiger partial charge in [0.05, 0.1) is 11.3 Å². The Balaban J connectivity index is 1.71. The molecule has 0 aliphatic heterocycles. The van der Waals surface area contributed by atoms with E-state index in [0.29, 0.717) is 22.1 Å². The number of halogens is 1. The number of hydrogen-bond donors (Lipinski definition) is 0. The average molecular weight is 526 g/mol. The van der Waals surface area contributed by atoms with Crippen molar-refractivity contribution in [2.24, 2.45) is 11.3 Å². The van der Waals surface area contributed by atoms with Crippen molar-refractivity contribution >= 4 is 44.8 Å². The Kier molecular flexibility index (Phi) is 6.90. The molecule has 1 atom stereocenters. The number of pyridine rings is 1. The van der Waals surface area contributed by atoms with Gasteiger partial charge in [0.25, 0.3) is 0 Å². The lowest BCUT2D eigenvalue weighted by molar-refractivity contribution is 0.102. The summed E-state index contributed by atoms with van der Waals surface area (Å²) in [6, 6.07) is 13.9. The summed E-state index contributed by atoms with van der Waals surface area (Å²) in [4.78, 5) is 18.8. The number of nitriles is 1. The minimum Gasteiger partial charge on any atom is -0.293 e. The molecular formula is C26H25BrN2OS2. The molecule has 32 heavy (non-hydrogen) atoms. The molecule has 3 aromatic rings. The Bertz CT molecular complexity index is 1170. The molecule has 0 saturated carbocycles. The lowest BCUT2D eigenvalue weighted by Crippen LogP contribution is -2.28. The van der Waals surface area contributed by atoms with E-state index in [1.54, 1.807) is 11.3 Å². The maximum atomic E-state index is 12.7. The lowest BCUT2D eigenvalue weighted by atomic mass is 9.70. The second-order valence-electron chi connectivity index (χ2n) is 9.21. The van der Waals surface area contributed by atoms with E-state index in [-0.39, 0.29) is 17.0 Å². The third-order valence-corrected chi connectivity index (χ3v) is 8.53. The zero-order valence-corrected chi connectivity index (χ0v) is 21.7. The summed E-state index contributed by atoms with van der Waals surface area (Å²) >= 11 is 6.44. The van der Waals surface area contributed by atoms with Gasteiger partial charge in [-0.15, -0.1) is 11.3 Å². The number of carbonyl (C=O) groups excluding carboxylic acids is 1. The molecule has 0 saturated heterocycles. The van der Waals surface area contributed by atoms with Crippen LogP contribution in [0.25, 0.3) is 10.4 Å². The highest BCUT2D eigenvalue weighted by molar-refractivity contribution is 9.10. The Morgan fingerprint density at radius 1 is 1.28 bits per heavy atom. The molecule has 0 bridgehead atoms. The molecule has 1 aromatic carbocycles. The fourth-order valence-corrected chi connectivity index (χ4v) is 6.20. The Morgan fingerprint density at radius 2 is 2.03 bits per heavy atom. The van der Waals surface area contributed by atoms with Crippen molar-refractivity contribution in [3.05, 3.63) is 68.6 Å². The first kappa shape index (κ1) is 23.2. The van der Waals surface area contributed by atoms with E-state index in [2.05, 4.69) is 54.2 Å². The van der Waals surface area contributed by atoms with Crippen molar-refractivity contribution < 1.29 is 4.79 Å². The third-order valence-electron chi connectivity index (χ3n) is 6.14. The van der Waals surface area contributed by atoms with Gasteiger partial charge in [-0.1, -0.05) is 66.7 Å². The number of thiophene rings is 1. The zero-order valence-electron chi connectivity index (χ0n) is 18.4. The summed E-state index contributed by atoms with van der Waals surface area (Å²) in [5.74, 6) is 0.854. The van der Waals surface area contributed by atoms with Gasteiger partial charge in [-0.2, -0.15) is 5.26 Å². The summed E-state index contributed by atoms with van der Waals surface area (Å²) < 4.78 is 0.943. The molecule has 6 heteroatoms. The number of hydrogen-bond acceptors (Lipinski definition) is 5. The van der Waals surface area contributed by atoms with Crippen LogP contribution in [0, 0.1) is 22.7 Å².